The molecule has 0 atom stereocenters. The fourth-order valence-electron chi connectivity index (χ4n) is 4.46. The maximum atomic E-state index is 11.7. The van der Waals surface area contributed by atoms with Crippen molar-refractivity contribution in [3.63, 3.8) is 0 Å². The van der Waals surface area contributed by atoms with E-state index in [1.54, 1.807) is 12.1 Å². The molecule has 2 heterocycles. The van der Waals surface area contributed by atoms with E-state index < -0.39 is 0 Å². The molecule has 1 fully saturated rings. The van der Waals surface area contributed by atoms with E-state index in [-0.39, 0.29) is 17.2 Å². The Balaban J connectivity index is 1.66. The molecule has 2 aromatic carbocycles. The third kappa shape index (κ3) is 5.76. The van der Waals surface area contributed by atoms with E-state index >= 15 is 0 Å². The Morgan fingerprint density at radius 3 is 2.63 bits per heavy atom. The minimum Gasteiger partial charge on any atom is -0.396 e. The number of thioether (sulfide) groups is 1. The van der Waals surface area contributed by atoms with Crippen LogP contribution in [-0.2, 0) is 6.54 Å². The van der Waals surface area contributed by atoms with Gasteiger partial charge in [0.15, 0.2) is 5.16 Å². The zero-order valence-electron chi connectivity index (χ0n) is 20.2. The Labute approximate surface area is 209 Å². The summed E-state index contributed by atoms with van der Waals surface area (Å²) >= 11 is 1.54. The Morgan fingerprint density at radius 2 is 1.94 bits per heavy atom. The van der Waals surface area contributed by atoms with Crippen molar-refractivity contribution < 1.29 is 10.0 Å². The number of para-hydroxylation sites is 1. The lowest BCUT2D eigenvalue weighted by molar-refractivity contribution is -0.383. The Kier molecular flexibility index (Phi) is 8.25. The SMILES string of the molecule is CCNc1cc2nc(SCC)nc(NCc3ccccc3N3CCC(CO)CC3)c2cc1[N+](=O)[O-]. The van der Waals surface area contributed by atoms with Crippen LogP contribution in [0.3, 0.4) is 0 Å². The smallest absolute Gasteiger partial charge is 0.293 e. The molecule has 0 bridgehead atoms. The first-order valence-electron chi connectivity index (χ1n) is 12.1. The predicted molar refractivity (Wildman–Crippen MR) is 143 cm³/mol. The van der Waals surface area contributed by atoms with Gasteiger partial charge in [-0.05, 0) is 49.1 Å². The molecule has 1 aliphatic heterocycles. The summed E-state index contributed by atoms with van der Waals surface area (Å²) < 4.78 is 0. The molecular weight excluding hydrogens is 464 g/mol. The van der Waals surface area contributed by atoms with Crippen molar-refractivity contribution in [1.82, 2.24) is 9.97 Å². The second kappa shape index (κ2) is 11.5. The summed E-state index contributed by atoms with van der Waals surface area (Å²) in [6.45, 7) is 7.12. The van der Waals surface area contributed by atoms with E-state index in [1.807, 2.05) is 26.0 Å². The molecule has 1 aromatic heterocycles. The van der Waals surface area contributed by atoms with Crippen LogP contribution in [0.2, 0.25) is 0 Å². The van der Waals surface area contributed by atoms with Crippen LogP contribution in [0.5, 0.6) is 0 Å². The molecular formula is C25H32N6O3S. The van der Waals surface area contributed by atoms with Gasteiger partial charge in [0.2, 0.25) is 0 Å². The summed E-state index contributed by atoms with van der Waals surface area (Å²) in [7, 11) is 0. The number of anilines is 3. The van der Waals surface area contributed by atoms with Gasteiger partial charge in [-0.25, -0.2) is 9.97 Å². The van der Waals surface area contributed by atoms with E-state index in [0.29, 0.717) is 46.6 Å². The summed E-state index contributed by atoms with van der Waals surface area (Å²) in [5.74, 6) is 1.79. The van der Waals surface area contributed by atoms with E-state index in [2.05, 4.69) is 32.7 Å². The summed E-state index contributed by atoms with van der Waals surface area (Å²) in [5, 5.41) is 29.0. The van der Waals surface area contributed by atoms with Gasteiger partial charge in [-0.15, -0.1) is 0 Å². The number of aliphatic hydroxyl groups excluding tert-OH is 1. The average molecular weight is 497 g/mol. The minimum absolute atomic E-state index is 0.00838. The van der Waals surface area contributed by atoms with Crippen molar-refractivity contribution in [1.29, 1.82) is 0 Å². The predicted octanol–water partition coefficient (Wildman–Crippen LogP) is 4.90. The van der Waals surface area contributed by atoms with Crippen LogP contribution in [0.1, 0.15) is 32.3 Å². The molecule has 0 spiro atoms. The first-order valence-corrected chi connectivity index (χ1v) is 13.1. The van der Waals surface area contributed by atoms with Gasteiger partial charge in [0.05, 0.1) is 10.4 Å². The number of nitrogens with zero attached hydrogens (tertiary/aromatic N) is 4. The third-order valence-electron chi connectivity index (χ3n) is 6.28. The van der Waals surface area contributed by atoms with Gasteiger partial charge in [-0.2, -0.15) is 0 Å². The quantitative estimate of drug-likeness (QED) is 0.156. The Bertz CT molecular complexity index is 1180. The first kappa shape index (κ1) is 25.0. The second-order valence-electron chi connectivity index (χ2n) is 8.56. The highest BCUT2D eigenvalue weighted by atomic mass is 32.2. The number of hydrogen-bond donors (Lipinski definition) is 3. The van der Waals surface area contributed by atoms with Gasteiger partial charge in [0, 0.05) is 49.9 Å². The zero-order valence-corrected chi connectivity index (χ0v) is 21.0. The Morgan fingerprint density at radius 1 is 1.17 bits per heavy atom. The lowest BCUT2D eigenvalue weighted by Gasteiger charge is -2.34. The first-order chi connectivity index (χ1) is 17.0. The number of benzene rings is 2. The highest BCUT2D eigenvalue weighted by Gasteiger charge is 2.21. The summed E-state index contributed by atoms with van der Waals surface area (Å²) in [6.07, 6.45) is 1.95. The lowest BCUT2D eigenvalue weighted by atomic mass is 9.97. The summed E-state index contributed by atoms with van der Waals surface area (Å²) in [4.78, 5) is 23.1. The molecule has 3 N–H and O–H groups in total. The largest absolute Gasteiger partial charge is 0.396 e. The molecule has 9 nitrogen and oxygen atoms in total. The van der Waals surface area contributed by atoms with Crippen LogP contribution in [0.4, 0.5) is 22.9 Å². The standard InChI is InChI=1S/C25H32N6O3S/c1-3-26-21-14-20-19(13-23(21)31(33)34)24(29-25(28-20)35-4-2)27-15-18-7-5-6-8-22(18)30-11-9-17(16-32)10-12-30/h5-8,13-14,17,26,32H,3-4,9-12,15-16H2,1-2H3,(H,27,28,29). The number of nitro benzene ring substituents is 1. The fourth-order valence-corrected chi connectivity index (χ4v) is 5.04. The van der Waals surface area contributed by atoms with E-state index in [9.17, 15) is 15.2 Å². The van der Waals surface area contributed by atoms with Crippen LogP contribution >= 0.6 is 11.8 Å². The minimum atomic E-state index is -0.374. The molecule has 35 heavy (non-hydrogen) atoms. The maximum absolute atomic E-state index is 11.7. The van der Waals surface area contributed by atoms with Crippen LogP contribution in [0.15, 0.2) is 41.6 Å². The number of rotatable bonds is 10. The zero-order chi connectivity index (χ0) is 24.8. The van der Waals surface area contributed by atoms with E-state index in [0.717, 1.165) is 37.2 Å². The number of nitro groups is 1. The van der Waals surface area contributed by atoms with Crippen molar-refractivity contribution in [3.8, 4) is 0 Å². The fraction of sp³-hybridized carbons (Fsp3) is 0.440. The molecule has 1 aliphatic rings. The number of fused-ring (bicyclic) bond motifs is 1. The number of piperidine rings is 1. The molecule has 0 aliphatic carbocycles. The second-order valence-corrected chi connectivity index (χ2v) is 9.79. The molecule has 0 amide bonds. The van der Waals surface area contributed by atoms with Crippen molar-refractivity contribution in [2.75, 3.05) is 47.5 Å². The van der Waals surface area contributed by atoms with Gasteiger partial charge in [-0.1, -0.05) is 36.9 Å². The molecule has 0 radical (unpaired) electrons. The van der Waals surface area contributed by atoms with Crippen molar-refractivity contribution >= 4 is 45.5 Å². The van der Waals surface area contributed by atoms with Crippen molar-refractivity contribution in [2.45, 2.75) is 38.4 Å². The van der Waals surface area contributed by atoms with Crippen LogP contribution in [0, 0.1) is 16.0 Å². The van der Waals surface area contributed by atoms with Gasteiger partial charge in [0.1, 0.15) is 11.5 Å². The Hall–Kier alpha value is -3.11. The van der Waals surface area contributed by atoms with Crippen molar-refractivity contribution in [2.24, 2.45) is 5.92 Å². The summed E-state index contributed by atoms with van der Waals surface area (Å²) in [5.41, 5.74) is 3.43. The van der Waals surface area contributed by atoms with Gasteiger partial charge in [0.25, 0.3) is 5.69 Å². The molecule has 4 rings (SSSR count). The van der Waals surface area contributed by atoms with Crippen LogP contribution < -0.4 is 15.5 Å². The lowest BCUT2D eigenvalue weighted by Crippen LogP contribution is -2.35. The van der Waals surface area contributed by atoms with Gasteiger partial charge < -0.3 is 20.6 Å². The third-order valence-corrected chi connectivity index (χ3v) is 7.01. The molecule has 0 unspecified atom stereocenters. The number of hydrogen-bond acceptors (Lipinski definition) is 9. The molecule has 3 aromatic rings. The van der Waals surface area contributed by atoms with Crippen molar-refractivity contribution in [3.05, 3.63) is 52.1 Å². The monoisotopic (exact) mass is 496 g/mol. The highest BCUT2D eigenvalue weighted by Crippen LogP contribution is 2.34. The molecule has 0 saturated carbocycles. The maximum Gasteiger partial charge on any atom is 0.293 e. The van der Waals surface area contributed by atoms with Crippen LogP contribution in [-0.4, -0.2) is 52.0 Å². The topological polar surface area (TPSA) is 116 Å². The highest BCUT2D eigenvalue weighted by molar-refractivity contribution is 7.99. The molecule has 1 saturated heterocycles. The van der Waals surface area contributed by atoms with Crippen LogP contribution in [0.25, 0.3) is 10.9 Å². The van der Waals surface area contributed by atoms with Gasteiger partial charge in [-0.3, -0.25) is 10.1 Å². The van der Waals surface area contributed by atoms with E-state index in [4.69, 9.17) is 4.98 Å². The molecule has 186 valence electrons. The van der Waals surface area contributed by atoms with Gasteiger partial charge >= 0.3 is 0 Å². The van der Waals surface area contributed by atoms with E-state index in [1.165, 1.54) is 17.4 Å². The normalized spacial score (nSPS) is 14.3. The molecule has 10 heteroatoms. The number of aromatic nitrogens is 2. The average Bonchev–Trinajstić information content (AvgIpc) is 2.87. The number of aliphatic hydroxyl groups is 1. The number of nitrogens with one attached hydrogen (secondary N) is 2. The summed E-state index contributed by atoms with van der Waals surface area (Å²) in [6, 6.07) is 11.6.